The van der Waals surface area contributed by atoms with E-state index < -0.39 is 17.7 Å². The topological polar surface area (TPSA) is 78.9 Å². The van der Waals surface area contributed by atoms with E-state index in [1.807, 2.05) is 0 Å². The molecule has 1 unspecified atom stereocenters. The number of benzene rings is 1. The number of piperidine rings is 1. The normalized spacial score (nSPS) is 18.2. The minimum absolute atomic E-state index is 0.115. The minimum Gasteiger partial charge on any atom is -0.506 e. The van der Waals surface area contributed by atoms with E-state index in [0.717, 1.165) is 12.8 Å². The molecule has 1 fully saturated rings. The largest absolute Gasteiger partial charge is 0.506 e. The Bertz CT molecular complexity index is 628. The van der Waals surface area contributed by atoms with Crippen LogP contribution in [0.3, 0.4) is 0 Å². The van der Waals surface area contributed by atoms with Crippen LogP contribution in [0.1, 0.15) is 40.0 Å². The number of anilines is 1. The summed E-state index contributed by atoms with van der Waals surface area (Å²) in [6, 6.07) is 3.83. The van der Waals surface area contributed by atoms with E-state index in [-0.39, 0.29) is 17.3 Å². The molecule has 1 aromatic rings. The van der Waals surface area contributed by atoms with Crippen molar-refractivity contribution in [3.63, 3.8) is 0 Å². The van der Waals surface area contributed by atoms with Gasteiger partial charge in [-0.25, -0.2) is 4.79 Å². The molecule has 0 saturated carbocycles. The van der Waals surface area contributed by atoms with E-state index in [9.17, 15) is 14.7 Å². The fourth-order valence-corrected chi connectivity index (χ4v) is 2.74. The first-order chi connectivity index (χ1) is 11.2. The second kappa shape index (κ2) is 7.30. The summed E-state index contributed by atoms with van der Waals surface area (Å²) in [7, 11) is 0. The van der Waals surface area contributed by atoms with Crippen LogP contribution in [0.5, 0.6) is 5.75 Å². The van der Waals surface area contributed by atoms with Gasteiger partial charge < -0.3 is 15.2 Å². The third-order valence-electron chi connectivity index (χ3n) is 3.65. The molecule has 24 heavy (non-hydrogen) atoms. The summed E-state index contributed by atoms with van der Waals surface area (Å²) in [5, 5.41) is 12.9. The van der Waals surface area contributed by atoms with Crippen LogP contribution in [0.15, 0.2) is 18.2 Å². The molecular weight excluding hydrogens is 332 g/mol. The van der Waals surface area contributed by atoms with E-state index in [0.29, 0.717) is 18.0 Å². The van der Waals surface area contributed by atoms with Gasteiger partial charge in [-0.15, -0.1) is 0 Å². The fraction of sp³-hybridized carbons (Fsp3) is 0.529. The van der Waals surface area contributed by atoms with Gasteiger partial charge in [-0.05, 0) is 52.2 Å². The number of ether oxygens (including phenoxy) is 1. The molecular formula is C17H23ClN2O4. The van der Waals surface area contributed by atoms with Crippen molar-refractivity contribution in [3.8, 4) is 5.75 Å². The molecule has 0 radical (unpaired) electrons. The number of phenolic OH excluding ortho intramolecular Hbond substituents is 1. The molecule has 1 aliphatic heterocycles. The molecule has 1 saturated heterocycles. The predicted molar refractivity (Wildman–Crippen MR) is 92.3 cm³/mol. The molecule has 0 bridgehead atoms. The highest BCUT2D eigenvalue weighted by atomic mass is 35.5. The van der Waals surface area contributed by atoms with Gasteiger partial charge in [-0.2, -0.15) is 0 Å². The molecule has 0 aliphatic carbocycles. The maximum Gasteiger partial charge on any atom is 0.410 e. The summed E-state index contributed by atoms with van der Waals surface area (Å²) in [5.74, 6) is -0.464. The second-order valence-corrected chi connectivity index (χ2v) is 7.27. The third kappa shape index (κ3) is 4.77. The lowest BCUT2D eigenvalue weighted by Crippen LogP contribution is -2.51. The zero-order chi connectivity index (χ0) is 17.9. The smallest absolute Gasteiger partial charge is 0.410 e. The Morgan fingerprint density at radius 3 is 2.67 bits per heavy atom. The van der Waals surface area contributed by atoms with Crippen molar-refractivity contribution in [1.82, 2.24) is 4.90 Å². The van der Waals surface area contributed by atoms with Gasteiger partial charge in [0.25, 0.3) is 0 Å². The number of hydrogen-bond acceptors (Lipinski definition) is 4. The lowest BCUT2D eigenvalue weighted by molar-refractivity contribution is -0.122. The molecule has 2 rings (SSSR count). The average molecular weight is 355 g/mol. The number of nitrogens with one attached hydrogen (secondary N) is 1. The number of phenols is 1. The van der Waals surface area contributed by atoms with Crippen LogP contribution in [-0.2, 0) is 9.53 Å². The maximum absolute atomic E-state index is 12.6. The lowest BCUT2D eigenvalue weighted by atomic mass is 10.0. The van der Waals surface area contributed by atoms with Crippen molar-refractivity contribution < 1.29 is 19.4 Å². The highest BCUT2D eigenvalue weighted by Gasteiger charge is 2.35. The molecule has 0 aromatic heterocycles. The van der Waals surface area contributed by atoms with Gasteiger partial charge in [-0.3, -0.25) is 9.69 Å². The molecule has 2 amide bonds. The summed E-state index contributed by atoms with van der Waals surface area (Å²) in [5.41, 5.74) is -0.358. The zero-order valence-corrected chi connectivity index (χ0v) is 14.9. The Balaban J connectivity index is 2.11. The lowest BCUT2D eigenvalue weighted by Gasteiger charge is -2.35. The maximum atomic E-state index is 12.6. The molecule has 0 spiro atoms. The number of amides is 2. The predicted octanol–water partition coefficient (Wildman–Crippen LogP) is 3.77. The van der Waals surface area contributed by atoms with Crippen LogP contribution in [0.4, 0.5) is 10.5 Å². The molecule has 1 atom stereocenters. The van der Waals surface area contributed by atoms with E-state index in [2.05, 4.69) is 5.32 Å². The molecule has 1 heterocycles. The number of carbonyl (C=O) groups is 2. The Hall–Kier alpha value is -1.95. The number of nitrogens with zero attached hydrogens (tertiary/aromatic N) is 1. The summed E-state index contributed by atoms with van der Waals surface area (Å²) >= 11 is 5.79. The number of halogens is 1. The quantitative estimate of drug-likeness (QED) is 0.792. The van der Waals surface area contributed by atoms with Gasteiger partial charge in [0.2, 0.25) is 5.91 Å². The van der Waals surface area contributed by atoms with Crippen LogP contribution in [0.25, 0.3) is 0 Å². The van der Waals surface area contributed by atoms with Gasteiger partial charge in [0, 0.05) is 17.6 Å². The van der Waals surface area contributed by atoms with Crippen LogP contribution >= 0.6 is 11.6 Å². The van der Waals surface area contributed by atoms with Gasteiger partial charge >= 0.3 is 6.09 Å². The van der Waals surface area contributed by atoms with Crippen molar-refractivity contribution in [3.05, 3.63) is 23.2 Å². The van der Waals surface area contributed by atoms with Crippen LogP contribution in [0, 0.1) is 0 Å². The number of hydrogen-bond donors (Lipinski definition) is 2. The van der Waals surface area contributed by atoms with Crippen LogP contribution < -0.4 is 5.32 Å². The van der Waals surface area contributed by atoms with Gasteiger partial charge in [0.05, 0.1) is 5.69 Å². The first kappa shape index (κ1) is 18.4. The van der Waals surface area contributed by atoms with Crippen molar-refractivity contribution in [1.29, 1.82) is 0 Å². The van der Waals surface area contributed by atoms with E-state index in [4.69, 9.17) is 16.3 Å². The Morgan fingerprint density at radius 2 is 2.04 bits per heavy atom. The summed E-state index contributed by atoms with van der Waals surface area (Å²) < 4.78 is 5.39. The number of likely N-dealkylation sites (tertiary alicyclic amines) is 1. The van der Waals surface area contributed by atoms with E-state index in [1.54, 1.807) is 26.8 Å². The van der Waals surface area contributed by atoms with E-state index >= 15 is 0 Å². The molecule has 6 nitrogen and oxygen atoms in total. The number of rotatable bonds is 2. The van der Waals surface area contributed by atoms with Crippen molar-refractivity contribution >= 4 is 29.3 Å². The van der Waals surface area contributed by atoms with Gasteiger partial charge in [0.15, 0.2) is 0 Å². The SMILES string of the molecule is CC(C)(C)OC(=O)N1CCCCC1C(=O)Nc1ccc(Cl)cc1O. The van der Waals surface area contributed by atoms with E-state index in [1.165, 1.54) is 17.0 Å². The molecule has 2 N–H and O–H groups in total. The van der Waals surface area contributed by atoms with Gasteiger partial charge in [-0.1, -0.05) is 11.6 Å². The molecule has 132 valence electrons. The van der Waals surface area contributed by atoms with Crippen LogP contribution in [-0.4, -0.2) is 40.2 Å². The number of aromatic hydroxyl groups is 1. The Kier molecular flexibility index (Phi) is 5.59. The Labute approximate surface area is 146 Å². The minimum atomic E-state index is -0.622. The van der Waals surface area contributed by atoms with Crippen molar-refractivity contribution in [2.75, 3.05) is 11.9 Å². The monoisotopic (exact) mass is 354 g/mol. The molecule has 1 aromatic carbocycles. The van der Waals surface area contributed by atoms with Gasteiger partial charge in [0.1, 0.15) is 17.4 Å². The first-order valence-electron chi connectivity index (χ1n) is 7.96. The van der Waals surface area contributed by atoms with Crippen molar-refractivity contribution in [2.45, 2.75) is 51.7 Å². The highest BCUT2D eigenvalue weighted by molar-refractivity contribution is 6.30. The first-order valence-corrected chi connectivity index (χ1v) is 8.34. The highest BCUT2D eigenvalue weighted by Crippen LogP contribution is 2.28. The standard InChI is InChI=1S/C17H23ClN2O4/c1-17(2,3)24-16(23)20-9-5-4-6-13(20)15(22)19-12-8-7-11(18)10-14(12)21/h7-8,10,13,21H,4-6,9H2,1-3H3,(H,19,22). The summed E-state index contributed by atoms with van der Waals surface area (Å²) in [4.78, 5) is 26.4. The zero-order valence-electron chi connectivity index (χ0n) is 14.1. The van der Waals surface area contributed by atoms with Crippen LogP contribution in [0.2, 0.25) is 5.02 Å². The third-order valence-corrected chi connectivity index (χ3v) is 3.89. The summed E-state index contributed by atoms with van der Waals surface area (Å²) in [6.07, 6.45) is 1.74. The molecule has 1 aliphatic rings. The summed E-state index contributed by atoms with van der Waals surface area (Å²) in [6.45, 7) is 5.83. The number of carbonyl (C=O) groups excluding carboxylic acids is 2. The average Bonchev–Trinajstić information content (AvgIpc) is 2.48. The fourth-order valence-electron chi connectivity index (χ4n) is 2.57. The Morgan fingerprint density at radius 1 is 1.33 bits per heavy atom. The molecule has 7 heteroatoms. The second-order valence-electron chi connectivity index (χ2n) is 6.84. The van der Waals surface area contributed by atoms with Crippen molar-refractivity contribution in [2.24, 2.45) is 0 Å².